The molecule has 0 radical (unpaired) electrons. The number of ether oxygens (including phenoxy) is 1. The van der Waals surface area contributed by atoms with Gasteiger partial charge in [-0.15, -0.1) is 0 Å². The average molecular weight is 278 g/mol. The van der Waals surface area contributed by atoms with Crippen molar-refractivity contribution < 1.29 is 9.13 Å². The summed E-state index contributed by atoms with van der Waals surface area (Å²) < 4.78 is 18.5. The first-order valence-electron chi connectivity index (χ1n) is 7.53. The highest BCUT2D eigenvalue weighted by Gasteiger charge is 2.33. The van der Waals surface area contributed by atoms with E-state index >= 15 is 0 Å². The average Bonchev–Trinajstić information content (AvgIpc) is 3.19. The third kappa shape index (κ3) is 3.30. The van der Waals surface area contributed by atoms with Crippen molar-refractivity contribution in [3.05, 3.63) is 29.6 Å². The molecule has 1 N–H and O–H groups in total. The van der Waals surface area contributed by atoms with E-state index in [9.17, 15) is 4.39 Å². The molecule has 1 aliphatic carbocycles. The van der Waals surface area contributed by atoms with E-state index in [2.05, 4.69) is 10.2 Å². The van der Waals surface area contributed by atoms with Gasteiger partial charge in [-0.3, -0.25) is 0 Å². The van der Waals surface area contributed by atoms with Crippen molar-refractivity contribution in [2.24, 2.45) is 5.92 Å². The Morgan fingerprint density at radius 1 is 1.35 bits per heavy atom. The second kappa shape index (κ2) is 6.10. The van der Waals surface area contributed by atoms with Crippen LogP contribution in [0.4, 0.5) is 4.39 Å². The number of hydrogen-bond acceptors (Lipinski definition) is 3. The fourth-order valence-electron chi connectivity index (χ4n) is 3.04. The minimum absolute atomic E-state index is 0.285. The lowest BCUT2D eigenvalue weighted by Gasteiger charge is -2.15. The summed E-state index contributed by atoms with van der Waals surface area (Å²) in [7, 11) is 1.49. The molecule has 1 atom stereocenters. The van der Waals surface area contributed by atoms with Crippen LogP contribution in [-0.2, 0) is 6.54 Å². The fraction of sp³-hybridized carbons (Fsp3) is 0.625. The molecule has 2 fully saturated rings. The molecule has 0 aromatic heterocycles. The Bertz CT molecular complexity index is 462. The van der Waals surface area contributed by atoms with Crippen molar-refractivity contribution in [3.8, 4) is 5.75 Å². The molecule has 0 amide bonds. The predicted molar refractivity (Wildman–Crippen MR) is 77.4 cm³/mol. The normalized spacial score (nSPS) is 23.2. The van der Waals surface area contributed by atoms with E-state index in [1.807, 2.05) is 6.07 Å². The van der Waals surface area contributed by atoms with Crippen LogP contribution in [-0.4, -0.2) is 37.7 Å². The topological polar surface area (TPSA) is 24.5 Å². The maximum Gasteiger partial charge on any atom is 0.165 e. The van der Waals surface area contributed by atoms with Crippen LogP contribution in [0, 0.1) is 11.7 Å². The standard InChI is InChI=1S/C16H23FN2O/c1-20-16-5-2-12(8-15(16)17)9-18-10-13-6-7-19(11-13)14-3-4-14/h2,5,8,13-14,18H,3-4,6-7,9-11H2,1H3/t13-/m1/s1. The second-order valence-corrected chi connectivity index (χ2v) is 5.98. The Hall–Kier alpha value is -1.13. The third-order valence-corrected chi connectivity index (χ3v) is 4.36. The largest absolute Gasteiger partial charge is 0.494 e. The van der Waals surface area contributed by atoms with Gasteiger partial charge in [0.05, 0.1) is 7.11 Å². The maximum atomic E-state index is 13.6. The quantitative estimate of drug-likeness (QED) is 0.865. The Balaban J connectivity index is 1.42. The van der Waals surface area contributed by atoms with Gasteiger partial charge >= 0.3 is 0 Å². The van der Waals surface area contributed by atoms with E-state index in [4.69, 9.17) is 4.74 Å². The van der Waals surface area contributed by atoms with Crippen molar-refractivity contribution in [3.63, 3.8) is 0 Å². The van der Waals surface area contributed by atoms with Crippen molar-refractivity contribution >= 4 is 0 Å². The smallest absolute Gasteiger partial charge is 0.165 e. The lowest BCUT2D eigenvalue weighted by atomic mass is 10.1. The molecule has 1 saturated heterocycles. The lowest BCUT2D eigenvalue weighted by molar-refractivity contribution is 0.312. The minimum Gasteiger partial charge on any atom is -0.494 e. The number of hydrogen-bond donors (Lipinski definition) is 1. The van der Waals surface area contributed by atoms with Crippen LogP contribution in [0.2, 0.25) is 0 Å². The number of methoxy groups -OCH3 is 1. The van der Waals surface area contributed by atoms with Crippen LogP contribution in [0.3, 0.4) is 0 Å². The molecule has 110 valence electrons. The molecular formula is C16H23FN2O. The van der Waals surface area contributed by atoms with Crippen molar-refractivity contribution in [1.29, 1.82) is 0 Å². The molecule has 0 bridgehead atoms. The Morgan fingerprint density at radius 3 is 2.90 bits per heavy atom. The van der Waals surface area contributed by atoms with E-state index in [-0.39, 0.29) is 5.82 Å². The molecule has 4 heteroatoms. The van der Waals surface area contributed by atoms with Crippen LogP contribution in [0.1, 0.15) is 24.8 Å². The van der Waals surface area contributed by atoms with E-state index < -0.39 is 0 Å². The monoisotopic (exact) mass is 278 g/mol. The molecule has 1 heterocycles. The summed E-state index contributed by atoms with van der Waals surface area (Å²) in [5.74, 6) is 0.774. The van der Waals surface area contributed by atoms with Crippen molar-refractivity contribution in [2.75, 3.05) is 26.7 Å². The maximum absolute atomic E-state index is 13.6. The molecule has 0 unspecified atom stereocenters. The number of nitrogens with zero attached hydrogens (tertiary/aromatic N) is 1. The summed E-state index contributed by atoms with van der Waals surface area (Å²) in [4.78, 5) is 2.62. The number of benzene rings is 1. The molecule has 1 saturated carbocycles. The molecule has 2 aliphatic rings. The first-order valence-corrected chi connectivity index (χ1v) is 7.53. The first-order chi connectivity index (χ1) is 9.76. The van der Waals surface area contributed by atoms with Gasteiger partial charge < -0.3 is 15.0 Å². The SMILES string of the molecule is COc1ccc(CNC[C@H]2CCN(C3CC3)C2)cc1F. The van der Waals surface area contributed by atoms with Crippen LogP contribution in [0.5, 0.6) is 5.75 Å². The number of nitrogens with one attached hydrogen (secondary N) is 1. The molecule has 20 heavy (non-hydrogen) atoms. The zero-order chi connectivity index (χ0) is 13.9. The van der Waals surface area contributed by atoms with Crippen molar-refractivity contribution in [1.82, 2.24) is 10.2 Å². The van der Waals surface area contributed by atoms with E-state index in [1.165, 1.54) is 39.5 Å². The van der Waals surface area contributed by atoms with E-state index in [1.54, 1.807) is 12.1 Å². The summed E-state index contributed by atoms with van der Waals surface area (Å²) >= 11 is 0. The first kappa shape index (κ1) is 13.8. The Kier molecular flexibility index (Phi) is 4.22. The van der Waals surface area contributed by atoms with Gasteiger partial charge in [-0.2, -0.15) is 0 Å². The molecule has 3 nitrogen and oxygen atoms in total. The lowest BCUT2D eigenvalue weighted by Crippen LogP contribution is -2.27. The Morgan fingerprint density at radius 2 is 2.20 bits per heavy atom. The van der Waals surface area contributed by atoms with E-state index in [0.717, 1.165) is 30.6 Å². The molecule has 0 spiro atoms. The summed E-state index contributed by atoms with van der Waals surface area (Å²) in [6.07, 6.45) is 4.08. The highest BCUT2D eigenvalue weighted by molar-refractivity contribution is 5.29. The van der Waals surface area contributed by atoms with Gasteiger partial charge in [-0.25, -0.2) is 4.39 Å². The van der Waals surface area contributed by atoms with Gasteiger partial charge in [0.15, 0.2) is 11.6 Å². The third-order valence-electron chi connectivity index (χ3n) is 4.36. The van der Waals surface area contributed by atoms with Crippen molar-refractivity contribution in [2.45, 2.75) is 31.8 Å². The second-order valence-electron chi connectivity index (χ2n) is 5.98. The molecule has 3 rings (SSSR count). The van der Waals surface area contributed by atoms with Gasteiger partial charge in [0.2, 0.25) is 0 Å². The molecule has 1 aromatic carbocycles. The van der Waals surface area contributed by atoms with Crippen LogP contribution in [0.15, 0.2) is 18.2 Å². The predicted octanol–water partition coefficient (Wildman–Crippen LogP) is 2.41. The molecule has 1 aromatic rings. The van der Waals surface area contributed by atoms with E-state index in [0.29, 0.717) is 5.75 Å². The van der Waals surface area contributed by atoms with Crippen LogP contribution < -0.4 is 10.1 Å². The Labute approximate surface area is 120 Å². The number of rotatable bonds is 6. The van der Waals surface area contributed by atoms with Crippen LogP contribution >= 0.6 is 0 Å². The molecular weight excluding hydrogens is 255 g/mol. The van der Waals surface area contributed by atoms with Gasteiger partial charge in [0, 0.05) is 19.1 Å². The zero-order valence-electron chi connectivity index (χ0n) is 12.1. The van der Waals surface area contributed by atoms with Gasteiger partial charge in [0.1, 0.15) is 0 Å². The van der Waals surface area contributed by atoms with Gasteiger partial charge in [-0.1, -0.05) is 6.07 Å². The van der Waals surface area contributed by atoms with Gasteiger partial charge in [0.25, 0.3) is 0 Å². The summed E-state index contributed by atoms with van der Waals surface area (Å²) in [6, 6.07) is 6.05. The highest BCUT2D eigenvalue weighted by atomic mass is 19.1. The fourth-order valence-corrected chi connectivity index (χ4v) is 3.04. The number of likely N-dealkylation sites (tertiary alicyclic amines) is 1. The number of halogens is 1. The summed E-state index contributed by atoms with van der Waals surface area (Å²) in [5.41, 5.74) is 0.973. The summed E-state index contributed by atoms with van der Waals surface area (Å²) in [5, 5.41) is 3.45. The highest BCUT2D eigenvalue weighted by Crippen LogP contribution is 2.31. The van der Waals surface area contributed by atoms with Gasteiger partial charge in [-0.05, 0) is 56.0 Å². The molecule has 1 aliphatic heterocycles. The van der Waals surface area contributed by atoms with Crippen LogP contribution in [0.25, 0.3) is 0 Å². The zero-order valence-corrected chi connectivity index (χ0v) is 12.1. The minimum atomic E-state index is -0.285. The summed E-state index contributed by atoms with van der Waals surface area (Å²) in [6.45, 7) is 4.24.